The number of methoxy groups -OCH3 is 2. The molecule has 0 saturated heterocycles. The quantitative estimate of drug-likeness (QED) is 0.719. The first-order valence-electron chi connectivity index (χ1n) is 3.89. The fourth-order valence-electron chi connectivity index (χ4n) is 1.11. The van der Waals surface area contributed by atoms with Crippen LogP contribution in [0.3, 0.4) is 0 Å². The van der Waals surface area contributed by atoms with Crippen molar-refractivity contribution in [2.75, 3.05) is 14.2 Å². The fraction of sp³-hybridized carbons (Fsp3) is 0.333. The van der Waals surface area contributed by atoms with Crippen LogP contribution >= 0.6 is 0 Å². The Kier molecular flexibility index (Phi) is 3.06. The summed E-state index contributed by atoms with van der Waals surface area (Å²) in [7, 11) is 2.25. The maximum absolute atomic E-state index is 13.1. The van der Waals surface area contributed by atoms with Gasteiger partial charge in [0.15, 0.2) is 0 Å². The SMILES string of the molecule is COc1cc(F)c(C(F)(F)F)c(OC)c1. The summed E-state index contributed by atoms with van der Waals surface area (Å²) in [6, 6.07) is 1.64. The summed E-state index contributed by atoms with van der Waals surface area (Å²) in [6.45, 7) is 0. The van der Waals surface area contributed by atoms with Crippen LogP contribution in [0.2, 0.25) is 0 Å². The molecule has 0 fully saturated rings. The largest absolute Gasteiger partial charge is 0.497 e. The molecule has 15 heavy (non-hydrogen) atoms. The molecule has 6 heteroatoms. The van der Waals surface area contributed by atoms with Gasteiger partial charge >= 0.3 is 6.18 Å². The summed E-state index contributed by atoms with van der Waals surface area (Å²) < 4.78 is 59.3. The van der Waals surface area contributed by atoms with Gasteiger partial charge in [0.2, 0.25) is 0 Å². The molecular weight excluding hydrogens is 216 g/mol. The van der Waals surface area contributed by atoms with E-state index < -0.39 is 23.3 Å². The van der Waals surface area contributed by atoms with Gasteiger partial charge in [0.1, 0.15) is 22.9 Å². The fourth-order valence-corrected chi connectivity index (χ4v) is 1.11. The Balaban J connectivity index is 3.38. The second-order valence-corrected chi connectivity index (χ2v) is 2.68. The molecule has 84 valence electrons. The molecule has 0 bridgehead atoms. The summed E-state index contributed by atoms with van der Waals surface area (Å²) in [5.41, 5.74) is -1.43. The summed E-state index contributed by atoms with van der Waals surface area (Å²) in [4.78, 5) is 0. The number of halogens is 4. The molecule has 0 aliphatic heterocycles. The number of ether oxygens (including phenoxy) is 2. The highest BCUT2D eigenvalue weighted by Gasteiger charge is 2.38. The maximum Gasteiger partial charge on any atom is 0.422 e. The third kappa shape index (κ3) is 2.31. The number of hydrogen-bond donors (Lipinski definition) is 0. The van der Waals surface area contributed by atoms with E-state index in [1.54, 1.807) is 0 Å². The Morgan fingerprint density at radius 2 is 1.67 bits per heavy atom. The van der Waals surface area contributed by atoms with E-state index in [9.17, 15) is 17.6 Å². The van der Waals surface area contributed by atoms with Crippen molar-refractivity contribution >= 4 is 0 Å². The Morgan fingerprint density at radius 3 is 2.07 bits per heavy atom. The van der Waals surface area contributed by atoms with Crippen molar-refractivity contribution in [2.45, 2.75) is 6.18 Å². The minimum Gasteiger partial charge on any atom is -0.497 e. The molecule has 0 aliphatic carbocycles. The molecule has 1 aromatic carbocycles. The van der Waals surface area contributed by atoms with E-state index in [1.165, 1.54) is 7.11 Å². The molecule has 0 amide bonds. The van der Waals surface area contributed by atoms with Crippen LogP contribution in [0.15, 0.2) is 12.1 Å². The predicted molar refractivity (Wildman–Crippen MR) is 44.5 cm³/mol. The molecule has 0 aromatic heterocycles. The highest BCUT2D eigenvalue weighted by molar-refractivity contribution is 5.43. The second kappa shape index (κ2) is 3.96. The smallest absolute Gasteiger partial charge is 0.422 e. The van der Waals surface area contributed by atoms with Gasteiger partial charge < -0.3 is 9.47 Å². The first-order chi connectivity index (χ1) is 6.90. The number of alkyl halides is 3. The topological polar surface area (TPSA) is 18.5 Å². The van der Waals surface area contributed by atoms with Crippen molar-refractivity contribution in [1.29, 1.82) is 0 Å². The molecule has 0 heterocycles. The van der Waals surface area contributed by atoms with E-state index in [1.807, 2.05) is 0 Å². The van der Waals surface area contributed by atoms with E-state index in [-0.39, 0.29) is 5.75 Å². The van der Waals surface area contributed by atoms with Gasteiger partial charge in [-0.25, -0.2) is 4.39 Å². The molecule has 0 saturated carbocycles. The Labute approximate surface area is 83.4 Å². The highest BCUT2D eigenvalue weighted by Crippen LogP contribution is 2.40. The molecule has 0 spiro atoms. The molecule has 0 atom stereocenters. The molecule has 1 aromatic rings. The lowest BCUT2D eigenvalue weighted by atomic mass is 10.1. The van der Waals surface area contributed by atoms with Crippen molar-refractivity contribution in [3.05, 3.63) is 23.5 Å². The monoisotopic (exact) mass is 224 g/mol. The van der Waals surface area contributed by atoms with Crippen molar-refractivity contribution in [3.63, 3.8) is 0 Å². The molecule has 0 radical (unpaired) electrons. The first-order valence-corrected chi connectivity index (χ1v) is 3.89. The predicted octanol–water partition coefficient (Wildman–Crippen LogP) is 2.86. The standard InChI is InChI=1S/C9H8F4O2/c1-14-5-3-6(10)8(9(11,12)13)7(4-5)15-2/h3-4H,1-2H3. The molecule has 0 N–H and O–H groups in total. The second-order valence-electron chi connectivity index (χ2n) is 2.68. The summed E-state index contributed by atoms with van der Waals surface area (Å²) in [6.07, 6.45) is -4.79. The average Bonchev–Trinajstić information content (AvgIpc) is 2.14. The van der Waals surface area contributed by atoms with Crippen LogP contribution in [-0.2, 0) is 6.18 Å². The van der Waals surface area contributed by atoms with Crippen LogP contribution in [0.1, 0.15) is 5.56 Å². The average molecular weight is 224 g/mol. The van der Waals surface area contributed by atoms with Crippen molar-refractivity contribution in [1.82, 2.24) is 0 Å². The summed E-state index contributed by atoms with van der Waals surface area (Å²) in [5, 5.41) is 0. The van der Waals surface area contributed by atoms with Crippen LogP contribution in [0.5, 0.6) is 11.5 Å². The molecule has 1 rings (SSSR count). The third-order valence-corrected chi connectivity index (χ3v) is 1.77. The zero-order chi connectivity index (χ0) is 11.6. The van der Waals surface area contributed by atoms with Gasteiger partial charge in [-0.05, 0) is 0 Å². The normalized spacial score (nSPS) is 11.3. The van der Waals surface area contributed by atoms with Crippen LogP contribution in [0.4, 0.5) is 17.6 Å². The van der Waals surface area contributed by atoms with Crippen molar-refractivity contribution in [2.24, 2.45) is 0 Å². The van der Waals surface area contributed by atoms with E-state index in [4.69, 9.17) is 0 Å². The Bertz CT molecular complexity index is 360. The zero-order valence-corrected chi connectivity index (χ0v) is 7.98. The highest BCUT2D eigenvalue weighted by atomic mass is 19.4. The van der Waals surface area contributed by atoms with Crippen LogP contribution in [0.25, 0.3) is 0 Å². The Hall–Kier alpha value is -1.46. The van der Waals surface area contributed by atoms with Gasteiger partial charge in [-0.15, -0.1) is 0 Å². The van der Waals surface area contributed by atoms with Gasteiger partial charge in [0.05, 0.1) is 14.2 Å². The number of benzene rings is 1. The van der Waals surface area contributed by atoms with Gasteiger partial charge in [-0.1, -0.05) is 0 Å². The van der Waals surface area contributed by atoms with Gasteiger partial charge in [-0.2, -0.15) is 13.2 Å². The van der Waals surface area contributed by atoms with E-state index in [0.29, 0.717) is 6.07 Å². The van der Waals surface area contributed by atoms with E-state index in [0.717, 1.165) is 13.2 Å². The third-order valence-electron chi connectivity index (χ3n) is 1.77. The van der Waals surface area contributed by atoms with Gasteiger partial charge in [0.25, 0.3) is 0 Å². The minimum atomic E-state index is -4.79. The lowest BCUT2D eigenvalue weighted by molar-refractivity contribution is -0.141. The lowest BCUT2D eigenvalue weighted by Crippen LogP contribution is -2.10. The van der Waals surface area contributed by atoms with E-state index in [2.05, 4.69) is 9.47 Å². The first kappa shape index (κ1) is 11.6. The van der Waals surface area contributed by atoms with Crippen molar-refractivity contribution < 1.29 is 27.0 Å². The van der Waals surface area contributed by atoms with Crippen LogP contribution in [0, 0.1) is 5.82 Å². The summed E-state index contributed by atoms with van der Waals surface area (Å²) >= 11 is 0. The van der Waals surface area contributed by atoms with Crippen molar-refractivity contribution in [3.8, 4) is 11.5 Å². The minimum absolute atomic E-state index is 0.0302. The molecular formula is C9H8F4O2. The summed E-state index contributed by atoms with van der Waals surface area (Å²) in [5.74, 6) is -2.05. The molecule has 0 aliphatic rings. The zero-order valence-electron chi connectivity index (χ0n) is 7.98. The lowest BCUT2D eigenvalue weighted by Gasteiger charge is -2.13. The van der Waals surface area contributed by atoms with Gasteiger partial charge in [0, 0.05) is 12.1 Å². The molecule has 2 nitrogen and oxygen atoms in total. The van der Waals surface area contributed by atoms with E-state index >= 15 is 0 Å². The number of hydrogen-bond acceptors (Lipinski definition) is 2. The number of rotatable bonds is 2. The molecule has 0 unspecified atom stereocenters. The van der Waals surface area contributed by atoms with Crippen LogP contribution < -0.4 is 9.47 Å². The maximum atomic E-state index is 13.1. The Morgan fingerprint density at radius 1 is 1.07 bits per heavy atom. The van der Waals surface area contributed by atoms with Crippen LogP contribution in [-0.4, -0.2) is 14.2 Å². The van der Waals surface area contributed by atoms with Gasteiger partial charge in [-0.3, -0.25) is 0 Å².